The Morgan fingerprint density at radius 2 is 1.85 bits per heavy atom. The van der Waals surface area contributed by atoms with E-state index >= 15 is 0 Å². The standard InChI is InChI=1S/C29H38N8O2/c1-17(19-8-5-6-9-19)33-24-12-20(29(3,4)30)13-25(34-24)39-26-22-14-36(15-23(22)26)27(38)21-16-37(35-18(21)2)28-31-10-7-11-32-28/h7,10-13,16-17,19,22-23,26H,5-6,8-9,14-15,30H2,1-4H3,(H,33,34)/t17?,22-,23+,26+. The summed E-state index contributed by atoms with van der Waals surface area (Å²) in [6.07, 6.45) is 10.2. The maximum absolute atomic E-state index is 13.3. The van der Waals surface area contributed by atoms with Crippen LogP contribution in [0.2, 0.25) is 0 Å². The molecule has 4 heterocycles. The number of aryl methyl sites for hydroxylation is 1. The van der Waals surface area contributed by atoms with Crippen molar-refractivity contribution in [1.82, 2.24) is 29.6 Å². The Morgan fingerprint density at radius 1 is 1.15 bits per heavy atom. The van der Waals surface area contributed by atoms with E-state index in [1.165, 1.54) is 25.7 Å². The number of nitrogens with one attached hydrogen (secondary N) is 1. The Morgan fingerprint density at radius 3 is 2.51 bits per heavy atom. The Labute approximate surface area is 229 Å². The predicted octanol–water partition coefficient (Wildman–Crippen LogP) is 3.70. The fourth-order valence-corrected chi connectivity index (χ4v) is 6.12. The summed E-state index contributed by atoms with van der Waals surface area (Å²) in [6.45, 7) is 9.40. The van der Waals surface area contributed by atoms with Crippen molar-refractivity contribution in [2.45, 2.75) is 71.1 Å². The highest BCUT2D eigenvalue weighted by molar-refractivity contribution is 5.95. The largest absolute Gasteiger partial charge is 0.474 e. The van der Waals surface area contributed by atoms with Gasteiger partial charge in [0.2, 0.25) is 11.8 Å². The van der Waals surface area contributed by atoms with Gasteiger partial charge in [-0.15, -0.1) is 0 Å². The zero-order valence-corrected chi connectivity index (χ0v) is 23.2. The molecule has 10 heteroatoms. The third-order valence-electron chi connectivity index (χ3n) is 8.57. The van der Waals surface area contributed by atoms with Gasteiger partial charge in [-0.1, -0.05) is 12.8 Å². The molecule has 6 rings (SSSR count). The minimum Gasteiger partial charge on any atom is -0.474 e. The monoisotopic (exact) mass is 530 g/mol. The topological polar surface area (TPSA) is 124 Å². The fourth-order valence-electron chi connectivity index (χ4n) is 6.12. The number of pyridine rings is 1. The highest BCUT2D eigenvalue weighted by atomic mass is 16.5. The summed E-state index contributed by atoms with van der Waals surface area (Å²) in [4.78, 5) is 28.5. The van der Waals surface area contributed by atoms with Crippen LogP contribution in [0.5, 0.6) is 5.88 Å². The van der Waals surface area contributed by atoms with Gasteiger partial charge in [0.05, 0.1) is 11.3 Å². The van der Waals surface area contributed by atoms with Crippen molar-refractivity contribution in [3.63, 3.8) is 0 Å². The van der Waals surface area contributed by atoms with Crippen LogP contribution in [-0.4, -0.2) is 60.8 Å². The maximum Gasteiger partial charge on any atom is 0.257 e. The van der Waals surface area contributed by atoms with Gasteiger partial charge in [0, 0.05) is 61.2 Å². The molecule has 2 aliphatic carbocycles. The molecular formula is C29H38N8O2. The Hall–Kier alpha value is -3.53. The highest BCUT2D eigenvalue weighted by Crippen LogP contribution is 2.48. The van der Waals surface area contributed by atoms with Gasteiger partial charge in [0.25, 0.3) is 5.91 Å². The van der Waals surface area contributed by atoms with Gasteiger partial charge >= 0.3 is 0 Å². The van der Waals surface area contributed by atoms with Crippen molar-refractivity contribution in [2.75, 3.05) is 18.4 Å². The lowest BCUT2D eigenvalue weighted by Crippen LogP contribution is -2.33. The number of likely N-dealkylation sites (tertiary alicyclic amines) is 1. The van der Waals surface area contributed by atoms with E-state index in [9.17, 15) is 4.79 Å². The van der Waals surface area contributed by atoms with Crippen LogP contribution < -0.4 is 15.8 Å². The summed E-state index contributed by atoms with van der Waals surface area (Å²) >= 11 is 0. The third-order valence-corrected chi connectivity index (χ3v) is 8.57. The molecule has 0 radical (unpaired) electrons. The number of aromatic nitrogens is 5. The number of hydrogen-bond acceptors (Lipinski definition) is 8. The van der Waals surface area contributed by atoms with E-state index in [0.29, 0.717) is 60.0 Å². The van der Waals surface area contributed by atoms with E-state index in [1.807, 2.05) is 31.7 Å². The Bertz CT molecular complexity index is 1330. The molecule has 206 valence electrons. The molecule has 39 heavy (non-hydrogen) atoms. The molecule has 3 aromatic heterocycles. The number of nitrogens with two attached hydrogens (primary N) is 1. The summed E-state index contributed by atoms with van der Waals surface area (Å²) in [6, 6.07) is 6.11. The van der Waals surface area contributed by atoms with Crippen LogP contribution in [0.1, 0.15) is 68.1 Å². The second kappa shape index (κ2) is 9.89. The zero-order valence-electron chi connectivity index (χ0n) is 23.2. The fraction of sp³-hybridized carbons (Fsp3) is 0.552. The highest BCUT2D eigenvalue weighted by Gasteiger charge is 2.59. The first-order valence-electron chi connectivity index (χ1n) is 14.0. The van der Waals surface area contributed by atoms with E-state index in [2.05, 4.69) is 33.4 Å². The van der Waals surface area contributed by atoms with Gasteiger partial charge in [-0.05, 0) is 64.2 Å². The molecular weight excluding hydrogens is 492 g/mol. The molecule has 1 aliphatic heterocycles. The second-order valence-corrected chi connectivity index (χ2v) is 12.0. The van der Waals surface area contributed by atoms with Crippen molar-refractivity contribution in [3.8, 4) is 11.8 Å². The van der Waals surface area contributed by atoms with Crippen LogP contribution >= 0.6 is 0 Å². The third kappa shape index (κ3) is 5.22. The number of fused-ring (bicyclic) bond motifs is 1. The van der Waals surface area contributed by atoms with E-state index in [0.717, 1.165) is 11.4 Å². The minimum absolute atomic E-state index is 0.0157. The molecule has 3 aliphatic rings. The van der Waals surface area contributed by atoms with E-state index in [4.69, 9.17) is 15.5 Å². The summed E-state index contributed by atoms with van der Waals surface area (Å²) in [5, 5.41) is 8.07. The molecule has 1 amide bonds. The van der Waals surface area contributed by atoms with Crippen molar-refractivity contribution >= 4 is 11.7 Å². The number of hydrogen-bond donors (Lipinski definition) is 2. The summed E-state index contributed by atoms with van der Waals surface area (Å²) in [5.41, 5.74) is 8.20. The molecule has 1 unspecified atom stereocenters. The number of carbonyl (C=O) groups excluding carboxylic acids is 1. The number of ether oxygens (including phenoxy) is 1. The Kier molecular flexibility index (Phi) is 6.53. The predicted molar refractivity (Wildman–Crippen MR) is 148 cm³/mol. The quantitative estimate of drug-likeness (QED) is 0.452. The molecule has 3 fully saturated rings. The molecule has 0 spiro atoms. The van der Waals surface area contributed by atoms with Crippen LogP contribution in [0, 0.1) is 24.7 Å². The molecule has 0 aromatic carbocycles. The van der Waals surface area contributed by atoms with Gasteiger partial charge in [-0.25, -0.2) is 14.6 Å². The molecule has 3 aromatic rings. The van der Waals surface area contributed by atoms with Crippen LogP contribution in [0.25, 0.3) is 5.95 Å². The Balaban J connectivity index is 1.11. The number of rotatable bonds is 8. The van der Waals surface area contributed by atoms with Gasteiger partial charge in [-0.3, -0.25) is 4.79 Å². The average molecular weight is 531 g/mol. The van der Waals surface area contributed by atoms with Crippen LogP contribution in [0.4, 0.5) is 5.82 Å². The van der Waals surface area contributed by atoms with Crippen LogP contribution in [0.3, 0.4) is 0 Å². The lowest BCUT2D eigenvalue weighted by Gasteiger charge is -2.25. The zero-order chi connectivity index (χ0) is 27.3. The van der Waals surface area contributed by atoms with E-state index in [-0.39, 0.29) is 12.0 Å². The van der Waals surface area contributed by atoms with Gasteiger partial charge in [-0.2, -0.15) is 10.1 Å². The molecule has 1 saturated heterocycles. The van der Waals surface area contributed by atoms with Gasteiger partial charge in [0.15, 0.2) is 0 Å². The normalized spacial score (nSPS) is 23.5. The van der Waals surface area contributed by atoms with E-state index in [1.54, 1.807) is 29.3 Å². The number of anilines is 1. The van der Waals surface area contributed by atoms with Crippen LogP contribution in [0.15, 0.2) is 36.8 Å². The smallest absolute Gasteiger partial charge is 0.257 e. The molecule has 0 bridgehead atoms. The molecule has 10 nitrogen and oxygen atoms in total. The average Bonchev–Trinajstić information content (AvgIpc) is 3.43. The van der Waals surface area contributed by atoms with Crippen LogP contribution in [-0.2, 0) is 5.54 Å². The first-order valence-corrected chi connectivity index (χ1v) is 14.0. The van der Waals surface area contributed by atoms with Gasteiger partial charge < -0.3 is 20.7 Å². The summed E-state index contributed by atoms with van der Waals surface area (Å²) in [7, 11) is 0. The van der Waals surface area contributed by atoms with Crippen molar-refractivity contribution in [3.05, 3.63) is 53.6 Å². The second-order valence-electron chi connectivity index (χ2n) is 12.0. The number of carbonyl (C=O) groups is 1. The molecule has 4 atom stereocenters. The number of nitrogens with zero attached hydrogens (tertiary/aromatic N) is 6. The lowest BCUT2D eigenvalue weighted by molar-refractivity contribution is 0.0751. The summed E-state index contributed by atoms with van der Waals surface area (Å²) < 4.78 is 7.98. The lowest BCUT2D eigenvalue weighted by atomic mass is 9.96. The number of piperidine rings is 1. The van der Waals surface area contributed by atoms with Crippen molar-refractivity contribution in [1.29, 1.82) is 0 Å². The summed E-state index contributed by atoms with van der Waals surface area (Å²) in [5.74, 6) is 3.12. The van der Waals surface area contributed by atoms with Gasteiger partial charge in [0.1, 0.15) is 11.9 Å². The first-order chi connectivity index (χ1) is 18.7. The SMILES string of the molecule is Cc1nn(-c2ncccn2)cc1C(=O)N1C[C@@H]2[C@H](C1)[C@H]2Oc1cc(C(C)(C)N)cc(NC(C)C2CCCC2)n1. The maximum atomic E-state index is 13.3. The van der Waals surface area contributed by atoms with Crippen molar-refractivity contribution < 1.29 is 9.53 Å². The molecule has 3 N–H and O–H groups in total. The molecule has 2 saturated carbocycles. The minimum atomic E-state index is -0.510. The van der Waals surface area contributed by atoms with Crippen molar-refractivity contribution in [2.24, 2.45) is 23.5 Å². The van der Waals surface area contributed by atoms with E-state index < -0.39 is 5.54 Å². The first kappa shape index (κ1) is 25.7. The number of amides is 1.